The highest BCUT2D eigenvalue weighted by Crippen LogP contribution is 2.23. The number of esters is 1. The van der Waals surface area contributed by atoms with Crippen molar-refractivity contribution in [2.75, 3.05) is 7.11 Å². The van der Waals surface area contributed by atoms with E-state index in [1.165, 1.54) is 7.11 Å². The maximum atomic E-state index is 11.2. The van der Waals surface area contributed by atoms with Crippen molar-refractivity contribution < 1.29 is 14.6 Å². The average Bonchev–Trinajstić information content (AvgIpc) is 2.27. The van der Waals surface area contributed by atoms with E-state index in [0.717, 1.165) is 4.47 Å². The number of nitrogens with zero attached hydrogens (tertiary/aromatic N) is 1. The molecule has 1 aromatic rings. The van der Waals surface area contributed by atoms with Gasteiger partial charge >= 0.3 is 5.97 Å². The Bertz CT molecular complexity index is 370. The number of halogens is 1. The summed E-state index contributed by atoms with van der Waals surface area (Å²) in [6.45, 7) is 1.72. The van der Waals surface area contributed by atoms with Gasteiger partial charge in [0.1, 0.15) is 0 Å². The van der Waals surface area contributed by atoms with E-state index in [4.69, 9.17) is 0 Å². The lowest BCUT2D eigenvalue weighted by Gasteiger charge is -2.14. The molecular formula is C11H14BrNO3. The minimum absolute atomic E-state index is 0.318. The summed E-state index contributed by atoms with van der Waals surface area (Å²) in [5, 5.41) is 9.89. The van der Waals surface area contributed by atoms with Crippen LogP contribution in [-0.2, 0) is 9.53 Å². The third-order valence-electron chi connectivity index (χ3n) is 2.29. The SMILES string of the molecule is COC(=O)C(C)CC(O)c1cncc(Br)c1. The number of ether oxygens (including phenoxy) is 1. The molecule has 1 aromatic heterocycles. The highest BCUT2D eigenvalue weighted by atomic mass is 79.9. The van der Waals surface area contributed by atoms with Crippen LogP contribution in [0.1, 0.15) is 25.0 Å². The van der Waals surface area contributed by atoms with E-state index in [1.807, 2.05) is 0 Å². The number of carbonyl (C=O) groups excluding carboxylic acids is 1. The summed E-state index contributed by atoms with van der Waals surface area (Å²) in [6, 6.07) is 1.78. The zero-order chi connectivity index (χ0) is 12.1. The Morgan fingerprint density at radius 1 is 1.62 bits per heavy atom. The maximum absolute atomic E-state index is 11.2. The van der Waals surface area contributed by atoms with Crippen molar-refractivity contribution >= 4 is 21.9 Å². The maximum Gasteiger partial charge on any atom is 0.308 e. The average molecular weight is 288 g/mol. The first-order chi connectivity index (χ1) is 7.54. The van der Waals surface area contributed by atoms with Gasteiger partial charge < -0.3 is 9.84 Å². The zero-order valence-corrected chi connectivity index (χ0v) is 10.8. The van der Waals surface area contributed by atoms with Gasteiger partial charge in [0, 0.05) is 16.9 Å². The van der Waals surface area contributed by atoms with Crippen LogP contribution in [0.3, 0.4) is 0 Å². The molecule has 0 amide bonds. The second-order valence-electron chi connectivity index (χ2n) is 3.61. The van der Waals surface area contributed by atoms with E-state index in [0.29, 0.717) is 12.0 Å². The van der Waals surface area contributed by atoms with Gasteiger partial charge in [-0.05, 0) is 34.0 Å². The first kappa shape index (κ1) is 13.1. The molecule has 0 aliphatic heterocycles. The van der Waals surface area contributed by atoms with E-state index in [1.54, 1.807) is 25.4 Å². The minimum atomic E-state index is -0.709. The first-order valence-corrected chi connectivity index (χ1v) is 5.70. The quantitative estimate of drug-likeness (QED) is 0.862. The van der Waals surface area contributed by atoms with Gasteiger partial charge in [-0.3, -0.25) is 9.78 Å². The van der Waals surface area contributed by atoms with Crippen molar-refractivity contribution in [3.63, 3.8) is 0 Å². The molecule has 2 atom stereocenters. The molecule has 0 aliphatic carbocycles. The molecule has 5 heteroatoms. The van der Waals surface area contributed by atoms with Crippen molar-refractivity contribution in [2.24, 2.45) is 5.92 Å². The molecule has 88 valence electrons. The van der Waals surface area contributed by atoms with Crippen LogP contribution in [0, 0.1) is 5.92 Å². The fraction of sp³-hybridized carbons (Fsp3) is 0.455. The molecule has 4 nitrogen and oxygen atoms in total. The number of pyridine rings is 1. The molecule has 2 unspecified atom stereocenters. The fourth-order valence-corrected chi connectivity index (χ4v) is 1.76. The summed E-state index contributed by atoms with van der Waals surface area (Å²) in [4.78, 5) is 15.1. The molecule has 1 heterocycles. The van der Waals surface area contributed by atoms with E-state index in [-0.39, 0.29) is 11.9 Å². The van der Waals surface area contributed by atoms with Crippen molar-refractivity contribution in [1.82, 2.24) is 4.98 Å². The van der Waals surface area contributed by atoms with E-state index < -0.39 is 6.10 Å². The van der Waals surface area contributed by atoms with Crippen LogP contribution in [0.25, 0.3) is 0 Å². The van der Waals surface area contributed by atoms with Gasteiger partial charge in [-0.1, -0.05) is 6.92 Å². The smallest absolute Gasteiger partial charge is 0.308 e. The largest absolute Gasteiger partial charge is 0.469 e. The number of aliphatic hydroxyl groups is 1. The summed E-state index contributed by atoms with van der Waals surface area (Å²) in [6.07, 6.45) is 2.84. The van der Waals surface area contributed by atoms with Gasteiger partial charge in [-0.15, -0.1) is 0 Å². The second kappa shape index (κ2) is 5.96. The molecule has 0 fully saturated rings. The third kappa shape index (κ3) is 3.57. The molecule has 0 radical (unpaired) electrons. The Kier molecular flexibility index (Phi) is 4.89. The van der Waals surface area contributed by atoms with Crippen molar-refractivity contribution in [3.05, 3.63) is 28.5 Å². The molecule has 1 N–H and O–H groups in total. The number of hydrogen-bond donors (Lipinski definition) is 1. The Morgan fingerprint density at radius 2 is 2.31 bits per heavy atom. The fourth-order valence-electron chi connectivity index (χ4n) is 1.38. The Hall–Kier alpha value is -0.940. The lowest BCUT2D eigenvalue weighted by molar-refractivity contribution is -0.145. The highest BCUT2D eigenvalue weighted by molar-refractivity contribution is 9.10. The van der Waals surface area contributed by atoms with Crippen LogP contribution in [0.5, 0.6) is 0 Å². The molecular weight excluding hydrogens is 274 g/mol. The highest BCUT2D eigenvalue weighted by Gasteiger charge is 2.19. The predicted octanol–water partition coefficient (Wildman–Crippen LogP) is 2.08. The first-order valence-electron chi connectivity index (χ1n) is 4.91. The molecule has 0 aliphatic rings. The summed E-state index contributed by atoms with van der Waals surface area (Å²) in [5.74, 6) is -0.652. The van der Waals surface area contributed by atoms with Gasteiger partial charge in [0.2, 0.25) is 0 Å². The van der Waals surface area contributed by atoms with Crippen LogP contribution >= 0.6 is 15.9 Å². The molecule has 0 saturated carbocycles. The molecule has 0 saturated heterocycles. The monoisotopic (exact) mass is 287 g/mol. The minimum Gasteiger partial charge on any atom is -0.469 e. The summed E-state index contributed by atoms with van der Waals surface area (Å²) in [5.41, 5.74) is 0.685. The number of aliphatic hydroxyl groups excluding tert-OH is 1. The number of aromatic nitrogens is 1. The lowest BCUT2D eigenvalue weighted by Crippen LogP contribution is -2.16. The topological polar surface area (TPSA) is 59.4 Å². The standard InChI is InChI=1S/C11H14BrNO3/c1-7(11(15)16-2)3-10(14)8-4-9(12)6-13-5-8/h4-7,10,14H,3H2,1-2H3. The van der Waals surface area contributed by atoms with E-state index in [2.05, 4.69) is 25.7 Å². The van der Waals surface area contributed by atoms with Crippen LogP contribution in [-0.4, -0.2) is 23.2 Å². The van der Waals surface area contributed by atoms with Crippen molar-refractivity contribution in [2.45, 2.75) is 19.4 Å². The number of hydrogen-bond acceptors (Lipinski definition) is 4. The third-order valence-corrected chi connectivity index (χ3v) is 2.72. The number of methoxy groups -OCH3 is 1. The molecule has 0 aromatic carbocycles. The summed E-state index contributed by atoms with van der Waals surface area (Å²) >= 11 is 3.27. The Labute approximate surface area is 103 Å². The van der Waals surface area contributed by atoms with Gasteiger partial charge in [0.25, 0.3) is 0 Å². The summed E-state index contributed by atoms with van der Waals surface area (Å²) < 4.78 is 5.40. The molecule has 0 spiro atoms. The lowest BCUT2D eigenvalue weighted by atomic mass is 9.99. The predicted molar refractivity (Wildman–Crippen MR) is 62.7 cm³/mol. The van der Waals surface area contributed by atoms with Gasteiger partial charge in [-0.25, -0.2) is 0 Å². The van der Waals surface area contributed by atoms with Crippen molar-refractivity contribution in [3.8, 4) is 0 Å². The van der Waals surface area contributed by atoms with Gasteiger partial charge in [-0.2, -0.15) is 0 Å². The van der Waals surface area contributed by atoms with E-state index in [9.17, 15) is 9.90 Å². The van der Waals surface area contributed by atoms with Crippen LogP contribution in [0.4, 0.5) is 0 Å². The second-order valence-corrected chi connectivity index (χ2v) is 4.53. The molecule has 1 rings (SSSR count). The van der Waals surface area contributed by atoms with E-state index >= 15 is 0 Å². The van der Waals surface area contributed by atoms with Crippen LogP contribution in [0.15, 0.2) is 22.9 Å². The number of rotatable bonds is 4. The molecule has 0 bridgehead atoms. The van der Waals surface area contributed by atoms with Gasteiger partial charge in [0.05, 0.1) is 19.1 Å². The molecule has 16 heavy (non-hydrogen) atoms. The number of carbonyl (C=O) groups is 1. The van der Waals surface area contributed by atoms with Gasteiger partial charge in [0.15, 0.2) is 0 Å². The van der Waals surface area contributed by atoms with Crippen molar-refractivity contribution in [1.29, 1.82) is 0 Å². The van der Waals surface area contributed by atoms with Crippen LogP contribution < -0.4 is 0 Å². The normalized spacial score (nSPS) is 14.2. The Balaban J connectivity index is 2.65. The van der Waals surface area contributed by atoms with Crippen LogP contribution in [0.2, 0.25) is 0 Å². The summed E-state index contributed by atoms with van der Waals surface area (Å²) in [7, 11) is 1.34. The Morgan fingerprint density at radius 3 is 2.88 bits per heavy atom. The zero-order valence-electron chi connectivity index (χ0n) is 9.18.